The molecule has 0 aromatic carbocycles. The lowest BCUT2D eigenvalue weighted by Crippen LogP contribution is -1.82. The van der Waals surface area contributed by atoms with Crippen LogP contribution in [0.4, 0.5) is 0 Å². The zero-order valence-corrected chi connectivity index (χ0v) is 8.90. The highest BCUT2D eigenvalue weighted by molar-refractivity contribution is 14.2. The lowest BCUT2D eigenvalue weighted by atomic mass is 10.4. The summed E-state index contributed by atoms with van der Waals surface area (Å²) >= 11 is 4.66. The molecule has 0 amide bonds. The van der Waals surface area contributed by atoms with Crippen molar-refractivity contribution in [3.8, 4) is 0 Å². The number of aromatic nitrogens is 1. The summed E-state index contributed by atoms with van der Waals surface area (Å²) in [6.07, 6.45) is 1.82. The molecule has 48 valence electrons. The first-order valence-corrected chi connectivity index (χ1v) is 4.99. The zero-order chi connectivity index (χ0) is 6.69. The molecular weight excluding hydrogens is 340 g/mol. The summed E-state index contributed by atoms with van der Waals surface area (Å²) in [5, 5.41) is 0. The molecule has 3 heteroatoms. The van der Waals surface area contributed by atoms with E-state index < -0.39 is 0 Å². The highest BCUT2D eigenvalue weighted by Crippen LogP contribution is 2.27. The first-order valence-electron chi connectivity index (χ1n) is 2.50. The molecule has 1 heterocycles. The van der Waals surface area contributed by atoms with Gasteiger partial charge in [-0.2, -0.15) is 0 Å². The number of halogens is 2. The van der Waals surface area contributed by atoms with Crippen LogP contribution in [0.25, 0.3) is 0 Å². The van der Waals surface area contributed by atoms with Crippen molar-refractivity contribution >= 4 is 45.2 Å². The van der Waals surface area contributed by atoms with Gasteiger partial charge in [-0.1, -0.05) is 51.2 Å². The first-order chi connectivity index (χ1) is 4.30. The van der Waals surface area contributed by atoms with Crippen LogP contribution in [-0.2, 0) is 0 Å². The van der Waals surface area contributed by atoms with Gasteiger partial charge in [0.1, 0.15) is 1.93 Å². The highest BCUT2D eigenvalue weighted by Gasteiger charge is 1.99. The summed E-state index contributed by atoms with van der Waals surface area (Å²) in [5.41, 5.74) is 1.14. The Labute approximate surface area is 81.5 Å². The van der Waals surface area contributed by atoms with Gasteiger partial charge in [-0.05, 0) is 12.1 Å². The Morgan fingerprint density at radius 3 is 2.44 bits per heavy atom. The van der Waals surface area contributed by atoms with Crippen LogP contribution in [-0.4, -0.2) is 4.98 Å². The minimum atomic E-state index is 0.487. The molecule has 1 aromatic rings. The molecule has 0 aliphatic heterocycles. The van der Waals surface area contributed by atoms with E-state index in [0.717, 1.165) is 5.69 Å². The van der Waals surface area contributed by atoms with Crippen LogP contribution in [0.2, 0.25) is 0 Å². The van der Waals surface area contributed by atoms with E-state index in [4.69, 9.17) is 0 Å². The topological polar surface area (TPSA) is 12.9 Å². The minimum absolute atomic E-state index is 0.487. The van der Waals surface area contributed by atoms with Gasteiger partial charge < -0.3 is 0 Å². The van der Waals surface area contributed by atoms with E-state index in [1.807, 2.05) is 24.4 Å². The Hall–Kier alpha value is 0.610. The van der Waals surface area contributed by atoms with Crippen LogP contribution in [0.5, 0.6) is 0 Å². The Bertz CT molecular complexity index is 174. The summed E-state index contributed by atoms with van der Waals surface area (Å²) < 4.78 is 0.487. The fourth-order valence-electron chi connectivity index (χ4n) is 0.505. The second-order valence-electron chi connectivity index (χ2n) is 1.56. The smallest absolute Gasteiger partial charge is 0.104 e. The Morgan fingerprint density at radius 1 is 1.33 bits per heavy atom. The number of alkyl halides is 2. The van der Waals surface area contributed by atoms with Gasteiger partial charge in [-0.25, -0.2) is 0 Å². The Balaban J connectivity index is 2.85. The van der Waals surface area contributed by atoms with E-state index >= 15 is 0 Å². The Kier molecular flexibility index (Phi) is 3.17. The van der Waals surface area contributed by atoms with Gasteiger partial charge in [0, 0.05) is 6.20 Å². The number of nitrogens with zero attached hydrogens (tertiary/aromatic N) is 1. The first kappa shape index (κ1) is 7.71. The SMILES string of the molecule is IC(I)c1ccccn1. The van der Waals surface area contributed by atoms with Crippen molar-refractivity contribution in [2.45, 2.75) is 1.93 Å². The summed E-state index contributed by atoms with van der Waals surface area (Å²) in [7, 11) is 0. The van der Waals surface area contributed by atoms with Gasteiger partial charge in [0.15, 0.2) is 0 Å². The van der Waals surface area contributed by atoms with E-state index in [1.165, 1.54) is 0 Å². The third kappa shape index (κ3) is 2.37. The quantitative estimate of drug-likeness (QED) is 0.564. The van der Waals surface area contributed by atoms with E-state index in [2.05, 4.69) is 50.2 Å². The van der Waals surface area contributed by atoms with Crippen molar-refractivity contribution in [3.05, 3.63) is 30.1 Å². The summed E-state index contributed by atoms with van der Waals surface area (Å²) in [4.78, 5) is 4.16. The maximum atomic E-state index is 4.16. The van der Waals surface area contributed by atoms with Gasteiger partial charge in [-0.3, -0.25) is 4.98 Å². The highest BCUT2D eigenvalue weighted by atomic mass is 127. The van der Waals surface area contributed by atoms with Crippen molar-refractivity contribution in [3.63, 3.8) is 0 Å². The van der Waals surface area contributed by atoms with Gasteiger partial charge in [0.2, 0.25) is 0 Å². The number of rotatable bonds is 1. The molecule has 0 unspecified atom stereocenters. The fraction of sp³-hybridized carbons (Fsp3) is 0.167. The van der Waals surface area contributed by atoms with Crippen LogP contribution in [0, 0.1) is 0 Å². The van der Waals surface area contributed by atoms with Crippen LogP contribution >= 0.6 is 45.2 Å². The van der Waals surface area contributed by atoms with E-state index in [0.29, 0.717) is 1.93 Å². The summed E-state index contributed by atoms with van der Waals surface area (Å²) in [6.45, 7) is 0. The van der Waals surface area contributed by atoms with E-state index in [1.54, 1.807) is 0 Å². The van der Waals surface area contributed by atoms with Gasteiger partial charge >= 0.3 is 0 Å². The molecule has 1 aromatic heterocycles. The second kappa shape index (κ2) is 3.70. The lowest BCUT2D eigenvalue weighted by molar-refractivity contribution is 1.20. The Morgan fingerprint density at radius 2 is 2.11 bits per heavy atom. The molecule has 1 nitrogen and oxygen atoms in total. The van der Waals surface area contributed by atoms with Crippen molar-refractivity contribution in [1.82, 2.24) is 4.98 Å². The molecule has 9 heavy (non-hydrogen) atoms. The molecule has 1 rings (SSSR count). The van der Waals surface area contributed by atoms with Gasteiger partial charge in [0.05, 0.1) is 5.69 Å². The molecule has 0 saturated heterocycles. The molecule has 0 radical (unpaired) electrons. The maximum absolute atomic E-state index is 4.16. The maximum Gasteiger partial charge on any atom is 0.104 e. The lowest BCUT2D eigenvalue weighted by Gasteiger charge is -1.96. The summed E-state index contributed by atoms with van der Waals surface area (Å²) in [6, 6.07) is 5.97. The number of hydrogen-bond acceptors (Lipinski definition) is 1. The zero-order valence-electron chi connectivity index (χ0n) is 4.59. The van der Waals surface area contributed by atoms with Crippen molar-refractivity contribution in [2.24, 2.45) is 0 Å². The van der Waals surface area contributed by atoms with E-state index in [-0.39, 0.29) is 0 Å². The molecule has 0 fully saturated rings. The standard InChI is InChI=1S/C6H5I2N/c7-6(8)5-3-1-2-4-9-5/h1-4,6H. The molecule has 0 aliphatic carbocycles. The average Bonchev–Trinajstić information content (AvgIpc) is 1.90. The third-order valence-corrected chi connectivity index (χ3v) is 2.19. The molecule has 0 bridgehead atoms. The minimum Gasteiger partial charge on any atom is -0.259 e. The predicted molar refractivity (Wildman–Crippen MR) is 55.0 cm³/mol. The number of pyridine rings is 1. The second-order valence-corrected chi connectivity index (χ2v) is 6.43. The molecular formula is C6H5I2N. The molecule has 0 N–H and O–H groups in total. The van der Waals surface area contributed by atoms with Crippen LogP contribution in [0.15, 0.2) is 24.4 Å². The third-order valence-electron chi connectivity index (χ3n) is 0.911. The predicted octanol–water partition coefficient (Wildman–Crippen LogP) is 2.95. The normalized spacial score (nSPS) is 10.1. The van der Waals surface area contributed by atoms with Crippen molar-refractivity contribution in [1.29, 1.82) is 0 Å². The van der Waals surface area contributed by atoms with Crippen LogP contribution in [0.3, 0.4) is 0 Å². The van der Waals surface area contributed by atoms with Crippen molar-refractivity contribution < 1.29 is 0 Å². The molecule has 0 aliphatic rings. The van der Waals surface area contributed by atoms with Gasteiger partial charge in [0.25, 0.3) is 0 Å². The van der Waals surface area contributed by atoms with Crippen molar-refractivity contribution in [2.75, 3.05) is 0 Å². The van der Waals surface area contributed by atoms with Crippen LogP contribution in [0.1, 0.15) is 7.63 Å². The number of hydrogen-bond donors (Lipinski definition) is 0. The summed E-state index contributed by atoms with van der Waals surface area (Å²) in [5.74, 6) is 0. The monoisotopic (exact) mass is 345 g/mol. The van der Waals surface area contributed by atoms with Gasteiger partial charge in [-0.15, -0.1) is 0 Å². The van der Waals surface area contributed by atoms with Crippen LogP contribution < -0.4 is 0 Å². The van der Waals surface area contributed by atoms with E-state index in [9.17, 15) is 0 Å². The average molecular weight is 345 g/mol. The molecule has 0 spiro atoms. The molecule has 0 saturated carbocycles. The molecule has 0 atom stereocenters. The largest absolute Gasteiger partial charge is 0.259 e. The fourth-order valence-corrected chi connectivity index (χ4v) is 1.24.